The fourth-order valence-electron chi connectivity index (χ4n) is 3.53. The number of hydrogen-bond donors (Lipinski definition) is 0. The first kappa shape index (κ1) is 23.1. The molecule has 0 unspecified atom stereocenters. The van der Waals surface area contributed by atoms with Crippen LogP contribution in [0.4, 0.5) is 0 Å². The van der Waals surface area contributed by atoms with E-state index in [1.165, 1.54) is 51.7 Å². The number of unbranched alkanes of at least 4 members (excludes halogenated alkanes) is 3. The van der Waals surface area contributed by atoms with E-state index in [4.69, 9.17) is 9.15 Å². The summed E-state index contributed by atoms with van der Waals surface area (Å²) in [6, 6.07) is 16.0. The van der Waals surface area contributed by atoms with E-state index in [1.54, 1.807) is 0 Å². The maximum atomic E-state index is 5.93. The maximum Gasteiger partial charge on any atom is 0.220 e. The van der Waals surface area contributed by atoms with Gasteiger partial charge in [-0.3, -0.25) is 0 Å². The third kappa shape index (κ3) is 7.87. The summed E-state index contributed by atoms with van der Waals surface area (Å²) in [4.78, 5) is 7.08. The van der Waals surface area contributed by atoms with Crippen molar-refractivity contribution in [2.75, 3.05) is 26.2 Å². The van der Waals surface area contributed by atoms with Crippen molar-refractivity contribution >= 4 is 23.3 Å². The molecule has 0 fully saturated rings. The van der Waals surface area contributed by atoms with Crippen LogP contribution in [-0.2, 0) is 0 Å². The monoisotopic (exact) mass is 420 g/mol. The average Bonchev–Trinajstić information content (AvgIpc) is 3.22. The largest absolute Gasteiger partial charge is 0.494 e. The molecule has 31 heavy (non-hydrogen) atoms. The van der Waals surface area contributed by atoms with E-state index in [0.29, 0.717) is 5.89 Å². The topological polar surface area (TPSA) is 38.5 Å². The zero-order chi connectivity index (χ0) is 21.7. The second-order valence-electron chi connectivity index (χ2n) is 8.03. The van der Waals surface area contributed by atoms with Crippen LogP contribution in [0.3, 0.4) is 0 Å². The van der Waals surface area contributed by atoms with Gasteiger partial charge in [-0.1, -0.05) is 51.0 Å². The second kappa shape index (κ2) is 13.0. The SMILES string of the molecule is CCCCN(CCCC)CCCCOc1ccc(/C=C/c2nc3ccccc3o2)cc1. The van der Waals surface area contributed by atoms with Crippen LogP contribution < -0.4 is 4.74 Å². The van der Waals surface area contributed by atoms with Crippen LogP contribution in [0.1, 0.15) is 63.8 Å². The Kier molecular flexibility index (Phi) is 9.65. The Bertz CT molecular complexity index is 873. The average molecular weight is 421 g/mol. The Hall–Kier alpha value is -2.59. The van der Waals surface area contributed by atoms with Gasteiger partial charge in [0.2, 0.25) is 5.89 Å². The predicted molar refractivity (Wildman–Crippen MR) is 130 cm³/mol. The molecule has 0 amide bonds. The number of ether oxygens (including phenoxy) is 1. The molecule has 3 rings (SSSR count). The minimum absolute atomic E-state index is 0.619. The fourth-order valence-corrected chi connectivity index (χ4v) is 3.53. The number of nitrogens with zero attached hydrogens (tertiary/aromatic N) is 2. The summed E-state index contributed by atoms with van der Waals surface area (Å²) in [5, 5.41) is 0. The molecular formula is C27H36N2O2. The van der Waals surface area contributed by atoms with Gasteiger partial charge in [0.25, 0.3) is 0 Å². The number of hydrogen-bond acceptors (Lipinski definition) is 4. The van der Waals surface area contributed by atoms with Gasteiger partial charge >= 0.3 is 0 Å². The lowest BCUT2D eigenvalue weighted by atomic mass is 10.2. The van der Waals surface area contributed by atoms with Crippen molar-refractivity contribution in [2.45, 2.75) is 52.4 Å². The van der Waals surface area contributed by atoms with E-state index in [0.717, 1.165) is 35.4 Å². The van der Waals surface area contributed by atoms with E-state index in [9.17, 15) is 0 Å². The van der Waals surface area contributed by atoms with E-state index in [1.807, 2.05) is 48.6 Å². The molecule has 3 aromatic rings. The summed E-state index contributed by atoms with van der Waals surface area (Å²) in [6.07, 6.45) is 11.3. The van der Waals surface area contributed by atoms with Crippen LogP contribution in [0.15, 0.2) is 52.9 Å². The van der Waals surface area contributed by atoms with Gasteiger partial charge in [0.05, 0.1) is 6.61 Å². The summed E-state index contributed by atoms with van der Waals surface area (Å²) in [7, 11) is 0. The molecule has 4 heteroatoms. The smallest absolute Gasteiger partial charge is 0.220 e. The van der Waals surface area contributed by atoms with Crippen molar-refractivity contribution in [3.63, 3.8) is 0 Å². The van der Waals surface area contributed by atoms with Crippen LogP contribution >= 0.6 is 0 Å². The van der Waals surface area contributed by atoms with Gasteiger partial charge in [0, 0.05) is 6.08 Å². The van der Waals surface area contributed by atoms with Gasteiger partial charge in [-0.2, -0.15) is 0 Å². The Morgan fingerprint density at radius 2 is 1.55 bits per heavy atom. The van der Waals surface area contributed by atoms with E-state index in [-0.39, 0.29) is 0 Å². The number of fused-ring (bicyclic) bond motifs is 1. The van der Waals surface area contributed by atoms with Gasteiger partial charge in [-0.15, -0.1) is 0 Å². The molecule has 1 aromatic heterocycles. The summed E-state index contributed by atoms with van der Waals surface area (Å²) < 4.78 is 11.7. The first-order valence-corrected chi connectivity index (χ1v) is 11.8. The number of oxazole rings is 1. The highest BCUT2D eigenvalue weighted by Crippen LogP contribution is 2.18. The summed E-state index contributed by atoms with van der Waals surface area (Å²) in [5.74, 6) is 1.54. The van der Waals surface area contributed by atoms with Crippen molar-refractivity contribution in [2.24, 2.45) is 0 Å². The summed E-state index contributed by atoms with van der Waals surface area (Å²) >= 11 is 0. The summed E-state index contributed by atoms with van der Waals surface area (Å²) in [5.41, 5.74) is 2.78. The van der Waals surface area contributed by atoms with Crippen LogP contribution in [0.2, 0.25) is 0 Å². The molecule has 0 aliphatic rings. The normalized spacial score (nSPS) is 11.7. The van der Waals surface area contributed by atoms with Gasteiger partial charge < -0.3 is 14.1 Å². The van der Waals surface area contributed by atoms with Crippen LogP contribution in [0, 0.1) is 0 Å². The molecule has 0 saturated carbocycles. The number of benzene rings is 2. The molecule has 0 saturated heterocycles. The van der Waals surface area contributed by atoms with Crippen molar-refractivity contribution in [3.05, 3.63) is 60.0 Å². The molecule has 4 nitrogen and oxygen atoms in total. The lowest BCUT2D eigenvalue weighted by molar-refractivity contribution is 0.243. The minimum atomic E-state index is 0.619. The quantitative estimate of drug-likeness (QED) is 0.262. The zero-order valence-electron chi connectivity index (χ0n) is 19.1. The molecule has 0 radical (unpaired) electrons. The highest BCUT2D eigenvalue weighted by Gasteiger charge is 2.04. The van der Waals surface area contributed by atoms with E-state index >= 15 is 0 Å². The first-order chi connectivity index (χ1) is 15.3. The van der Waals surface area contributed by atoms with E-state index < -0.39 is 0 Å². The molecule has 0 spiro atoms. The van der Waals surface area contributed by atoms with Crippen LogP contribution in [-0.4, -0.2) is 36.1 Å². The second-order valence-corrected chi connectivity index (χ2v) is 8.03. The zero-order valence-corrected chi connectivity index (χ0v) is 19.1. The van der Waals surface area contributed by atoms with Gasteiger partial charge in [-0.05, 0) is 81.2 Å². The third-order valence-electron chi connectivity index (χ3n) is 5.40. The molecule has 0 bridgehead atoms. The first-order valence-electron chi connectivity index (χ1n) is 11.8. The molecule has 0 atom stereocenters. The maximum absolute atomic E-state index is 5.93. The Balaban J connectivity index is 1.39. The van der Waals surface area contributed by atoms with Crippen molar-refractivity contribution < 1.29 is 9.15 Å². The van der Waals surface area contributed by atoms with E-state index in [2.05, 4.69) is 35.9 Å². The van der Waals surface area contributed by atoms with Crippen LogP contribution in [0.5, 0.6) is 5.75 Å². The van der Waals surface area contributed by atoms with Crippen molar-refractivity contribution in [3.8, 4) is 5.75 Å². The lowest BCUT2D eigenvalue weighted by Crippen LogP contribution is -2.27. The molecule has 2 aromatic carbocycles. The molecule has 0 aliphatic carbocycles. The highest BCUT2D eigenvalue weighted by atomic mass is 16.5. The standard InChI is InChI=1S/C27H36N2O2/c1-3-5-19-29(20-6-4-2)21-9-10-22-30-24-16-13-23(14-17-24)15-18-27-28-25-11-7-8-12-26(25)31-27/h7-8,11-18H,3-6,9-10,19-22H2,1-2H3/b18-15+. The molecule has 0 N–H and O–H groups in total. The van der Waals surface area contributed by atoms with Crippen LogP contribution in [0.25, 0.3) is 23.3 Å². The van der Waals surface area contributed by atoms with Gasteiger partial charge in [-0.25, -0.2) is 4.98 Å². The number of rotatable bonds is 14. The van der Waals surface area contributed by atoms with Crippen molar-refractivity contribution in [1.29, 1.82) is 0 Å². The number of para-hydroxylation sites is 2. The Morgan fingerprint density at radius 3 is 2.26 bits per heavy atom. The molecule has 1 heterocycles. The molecular weight excluding hydrogens is 384 g/mol. The highest BCUT2D eigenvalue weighted by molar-refractivity contribution is 5.75. The fraction of sp³-hybridized carbons (Fsp3) is 0.444. The lowest BCUT2D eigenvalue weighted by Gasteiger charge is -2.21. The minimum Gasteiger partial charge on any atom is -0.494 e. The molecule has 0 aliphatic heterocycles. The summed E-state index contributed by atoms with van der Waals surface area (Å²) in [6.45, 7) is 8.95. The molecule has 166 valence electrons. The Morgan fingerprint density at radius 1 is 0.839 bits per heavy atom. The van der Waals surface area contributed by atoms with Gasteiger partial charge in [0.1, 0.15) is 11.3 Å². The van der Waals surface area contributed by atoms with Gasteiger partial charge in [0.15, 0.2) is 5.58 Å². The third-order valence-corrected chi connectivity index (χ3v) is 5.40. The Labute approximate surface area is 186 Å². The predicted octanol–water partition coefficient (Wildman–Crippen LogP) is 7.06. The number of aromatic nitrogens is 1. The van der Waals surface area contributed by atoms with Crippen molar-refractivity contribution in [1.82, 2.24) is 9.88 Å².